The summed E-state index contributed by atoms with van der Waals surface area (Å²) in [6, 6.07) is 10.4. The second-order valence-electron chi connectivity index (χ2n) is 5.37. The summed E-state index contributed by atoms with van der Waals surface area (Å²) >= 11 is 2.92. The largest absolute Gasteiger partial charge is 0.477 e. The first-order valence-electron chi connectivity index (χ1n) is 7.32. The molecule has 0 fully saturated rings. The number of thiophene rings is 2. The van der Waals surface area contributed by atoms with E-state index in [1.807, 2.05) is 12.1 Å². The number of rotatable bonds is 4. The fraction of sp³-hybridized carbons (Fsp3) is 0.118. The zero-order chi connectivity index (χ0) is 16.7. The Bertz CT molecular complexity index is 1040. The van der Waals surface area contributed by atoms with Crippen LogP contribution in [0.5, 0.6) is 0 Å². The molecule has 0 saturated carbocycles. The zero-order valence-electron chi connectivity index (χ0n) is 12.7. The lowest BCUT2D eigenvalue weighted by Gasteiger charge is -2.05. The molecule has 0 saturated heterocycles. The molecule has 0 aliphatic carbocycles. The van der Waals surface area contributed by atoms with Crippen LogP contribution in [0.2, 0.25) is 0 Å². The summed E-state index contributed by atoms with van der Waals surface area (Å²) in [6.07, 6.45) is 1.47. The second-order valence-corrected chi connectivity index (χ2v) is 7.54. The summed E-state index contributed by atoms with van der Waals surface area (Å²) in [5.74, 6) is -0.246. The molecule has 3 heterocycles. The summed E-state index contributed by atoms with van der Waals surface area (Å²) in [7, 11) is 0. The molecule has 3 aromatic heterocycles. The predicted octanol–water partition coefficient (Wildman–Crippen LogP) is 4.52. The third kappa shape index (κ3) is 2.51. The summed E-state index contributed by atoms with van der Waals surface area (Å²) in [4.78, 5) is 22.0. The summed E-state index contributed by atoms with van der Waals surface area (Å²) in [5, 5.41) is 14.6. The summed E-state index contributed by atoms with van der Waals surface area (Å²) in [5.41, 5.74) is 0.710. The van der Waals surface area contributed by atoms with Crippen LogP contribution in [0.1, 0.15) is 20.1 Å². The highest BCUT2D eigenvalue weighted by molar-refractivity contribution is 7.20. The van der Waals surface area contributed by atoms with Crippen LogP contribution in [0.3, 0.4) is 0 Å². The number of aromatic nitrogens is 2. The SMILES string of the molecule is Cc1c(C(=O)O)sc2ncnc(NCc3cc4ccccc4s3)c12. The smallest absolute Gasteiger partial charge is 0.346 e. The van der Waals surface area contributed by atoms with E-state index < -0.39 is 5.97 Å². The Balaban J connectivity index is 1.68. The molecule has 0 unspecified atom stereocenters. The maximum Gasteiger partial charge on any atom is 0.346 e. The standard InChI is InChI=1S/C17H13N3O2S2/c1-9-13-15(19-8-20-16(13)24-14(9)17(21)22)18-7-11-6-10-4-2-3-5-12(10)23-11/h2-6,8H,7H2,1H3,(H,21,22)(H,18,19,20). The zero-order valence-corrected chi connectivity index (χ0v) is 14.4. The number of carboxylic acid groups (broad SMARTS) is 1. The molecule has 1 aromatic carbocycles. The van der Waals surface area contributed by atoms with Gasteiger partial charge in [0, 0.05) is 9.58 Å². The molecule has 4 aromatic rings. The number of anilines is 1. The minimum absolute atomic E-state index is 0.315. The van der Waals surface area contributed by atoms with Gasteiger partial charge in [-0.15, -0.1) is 22.7 Å². The van der Waals surface area contributed by atoms with E-state index in [0.29, 0.717) is 27.6 Å². The number of hydrogen-bond donors (Lipinski definition) is 2. The van der Waals surface area contributed by atoms with E-state index in [-0.39, 0.29) is 0 Å². The number of hydrogen-bond acceptors (Lipinski definition) is 6. The molecule has 0 aliphatic heterocycles. The van der Waals surface area contributed by atoms with Gasteiger partial charge in [0.1, 0.15) is 21.9 Å². The average molecular weight is 355 g/mol. The normalized spacial score (nSPS) is 11.2. The first-order chi connectivity index (χ1) is 11.6. The molecule has 0 atom stereocenters. The Kier molecular flexibility index (Phi) is 3.66. The van der Waals surface area contributed by atoms with Gasteiger partial charge < -0.3 is 10.4 Å². The van der Waals surface area contributed by atoms with E-state index in [9.17, 15) is 9.90 Å². The molecule has 0 spiro atoms. The number of nitrogens with zero attached hydrogens (tertiary/aromatic N) is 2. The Labute approximate surface area is 145 Å². The van der Waals surface area contributed by atoms with Crippen molar-refractivity contribution in [3.8, 4) is 0 Å². The van der Waals surface area contributed by atoms with Gasteiger partial charge in [-0.1, -0.05) is 18.2 Å². The fourth-order valence-corrected chi connectivity index (χ4v) is 4.70. The van der Waals surface area contributed by atoms with Gasteiger partial charge in [0.15, 0.2) is 0 Å². The van der Waals surface area contributed by atoms with Crippen LogP contribution in [-0.4, -0.2) is 21.0 Å². The minimum atomic E-state index is -0.925. The van der Waals surface area contributed by atoms with Crippen LogP contribution in [0.4, 0.5) is 5.82 Å². The number of carboxylic acids is 1. The third-order valence-corrected chi connectivity index (χ3v) is 6.13. The number of benzene rings is 1. The number of aryl methyl sites for hydroxylation is 1. The highest BCUT2D eigenvalue weighted by Gasteiger charge is 2.18. The van der Waals surface area contributed by atoms with Crippen LogP contribution < -0.4 is 5.32 Å². The maximum atomic E-state index is 11.3. The predicted molar refractivity (Wildman–Crippen MR) is 98.3 cm³/mol. The molecule has 7 heteroatoms. The minimum Gasteiger partial charge on any atom is -0.477 e. The molecule has 24 heavy (non-hydrogen) atoms. The van der Waals surface area contributed by atoms with Crippen molar-refractivity contribution < 1.29 is 9.90 Å². The number of nitrogens with one attached hydrogen (secondary N) is 1. The Morgan fingerprint density at radius 1 is 1.25 bits per heavy atom. The van der Waals surface area contributed by atoms with Gasteiger partial charge in [-0.25, -0.2) is 14.8 Å². The van der Waals surface area contributed by atoms with Crippen molar-refractivity contribution >= 4 is 54.8 Å². The van der Waals surface area contributed by atoms with Crippen molar-refractivity contribution in [1.29, 1.82) is 0 Å². The van der Waals surface area contributed by atoms with Gasteiger partial charge in [-0.2, -0.15) is 0 Å². The Hall–Kier alpha value is -2.51. The number of carbonyl (C=O) groups is 1. The molecule has 5 nitrogen and oxygen atoms in total. The van der Waals surface area contributed by atoms with Crippen molar-refractivity contribution in [3.63, 3.8) is 0 Å². The quantitative estimate of drug-likeness (QED) is 0.563. The summed E-state index contributed by atoms with van der Waals surface area (Å²) in [6.45, 7) is 2.44. The molecule has 4 rings (SSSR count). The van der Waals surface area contributed by atoms with Crippen LogP contribution in [-0.2, 0) is 6.54 Å². The van der Waals surface area contributed by atoms with Crippen LogP contribution in [0.25, 0.3) is 20.3 Å². The monoisotopic (exact) mass is 355 g/mol. The third-order valence-electron chi connectivity index (χ3n) is 3.83. The lowest BCUT2D eigenvalue weighted by atomic mass is 10.2. The van der Waals surface area contributed by atoms with E-state index in [1.54, 1.807) is 18.3 Å². The highest BCUT2D eigenvalue weighted by Crippen LogP contribution is 2.34. The molecule has 0 radical (unpaired) electrons. The van der Waals surface area contributed by atoms with Gasteiger partial charge in [0.2, 0.25) is 0 Å². The highest BCUT2D eigenvalue weighted by atomic mass is 32.1. The molecule has 0 aliphatic rings. The second kappa shape index (κ2) is 5.85. The molecular weight excluding hydrogens is 342 g/mol. The van der Waals surface area contributed by atoms with Crippen molar-refractivity contribution in [2.75, 3.05) is 5.32 Å². The lowest BCUT2D eigenvalue weighted by Crippen LogP contribution is -2.01. The van der Waals surface area contributed by atoms with E-state index >= 15 is 0 Å². The summed E-state index contributed by atoms with van der Waals surface area (Å²) < 4.78 is 1.25. The van der Waals surface area contributed by atoms with E-state index in [0.717, 1.165) is 5.39 Å². The van der Waals surface area contributed by atoms with Gasteiger partial charge in [0.05, 0.1) is 11.9 Å². The van der Waals surface area contributed by atoms with Crippen molar-refractivity contribution in [2.24, 2.45) is 0 Å². The van der Waals surface area contributed by atoms with Crippen LogP contribution in [0, 0.1) is 6.92 Å². The molecular formula is C17H13N3O2S2. The number of aromatic carboxylic acids is 1. The van der Waals surface area contributed by atoms with E-state index in [1.165, 1.54) is 32.6 Å². The van der Waals surface area contributed by atoms with Crippen LogP contribution >= 0.6 is 22.7 Å². The maximum absolute atomic E-state index is 11.3. The first-order valence-corrected chi connectivity index (χ1v) is 8.95. The van der Waals surface area contributed by atoms with Gasteiger partial charge >= 0.3 is 5.97 Å². The molecule has 2 N–H and O–H groups in total. The van der Waals surface area contributed by atoms with Crippen molar-refractivity contribution in [2.45, 2.75) is 13.5 Å². The molecule has 0 bridgehead atoms. The number of fused-ring (bicyclic) bond motifs is 2. The van der Waals surface area contributed by atoms with Gasteiger partial charge in [0.25, 0.3) is 0 Å². The lowest BCUT2D eigenvalue weighted by molar-refractivity contribution is 0.0701. The molecule has 120 valence electrons. The van der Waals surface area contributed by atoms with E-state index in [4.69, 9.17) is 0 Å². The Morgan fingerprint density at radius 3 is 2.88 bits per heavy atom. The van der Waals surface area contributed by atoms with Crippen LogP contribution in [0.15, 0.2) is 36.7 Å². The van der Waals surface area contributed by atoms with Crippen molar-refractivity contribution in [1.82, 2.24) is 9.97 Å². The average Bonchev–Trinajstić information content (AvgIpc) is 3.14. The molecule has 0 amide bonds. The van der Waals surface area contributed by atoms with Crippen molar-refractivity contribution in [3.05, 3.63) is 52.0 Å². The van der Waals surface area contributed by atoms with E-state index in [2.05, 4.69) is 33.5 Å². The topological polar surface area (TPSA) is 75.1 Å². The Morgan fingerprint density at radius 2 is 2.08 bits per heavy atom. The first kappa shape index (κ1) is 15.0. The van der Waals surface area contributed by atoms with Gasteiger partial charge in [-0.05, 0) is 30.0 Å². The van der Waals surface area contributed by atoms with Gasteiger partial charge in [-0.3, -0.25) is 0 Å². The fourth-order valence-electron chi connectivity index (χ4n) is 2.70.